The summed E-state index contributed by atoms with van der Waals surface area (Å²) in [6.45, 7) is 6.58. The monoisotopic (exact) mass is 306 g/mol. The number of carbonyl (C=O) groups excluding carboxylic acids is 2. The van der Waals surface area contributed by atoms with Crippen LogP contribution in [0.4, 0.5) is 0 Å². The van der Waals surface area contributed by atoms with Crippen LogP contribution in [0.3, 0.4) is 0 Å². The van der Waals surface area contributed by atoms with Gasteiger partial charge in [0.2, 0.25) is 5.91 Å². The SMILES string of the molecule is CCN1C[C@@H]2CN(C(=O)c3cccc(Cl)c3C)C[C@@H]2C1=O. The van der Waals surface area contributed by atoms with Gasteiger partial charge in [-0.2, -0.15) is 0 Å². The highest BCUT2D eigenvalue weighted by molar-refractivity contribution is 6.31. The summed E-state index contributed by atoms with van der Waals surface area (Å²) in [6, 6.07) is 5.39. The third kappa shape index (κ3) is 2.31. The van der Waals surface area contributed by atoms with Crippen molar-refractivity contribution in [2.75, 3.05) is 26.2 Å². The summed E-state index contributed by atoms with van der Waals surface area (Å²) in [7, 11) is 0. The largest absolute Gasteiger partial charge is 0.342 e. The predicted molar refractivity (Wildman–Crippen MR) is 81.3 cm³/mol. The molecule has 2 saturated heterocycles. The molecule has 1 aromatic rings. The van der Waals surface area contributed by atoms with Crippen molar-refractivity contribution in [1.29, 1.82) is 0 Å². The van der Waals surface area contributed by atoms with E-state index < -0.39 is 0 Å². The first-order valence-corrected chi connectivity index (χ1v) is 7.74. The second-order valence-electron chi connectivity index (χ2n) is 5.87. The third-order valence-electron chi connectivity index (χ3n) is 4.69. The average Bonchev–Trinajstić information content (AvgIpc) is 3.01. The molecular formula is C16H19ClN2O2. The van der Waals surface area contributed by atoms with Gasteiger partial charge in [0, 0.05) is 42.7 Å². The fourth-order valence-electron chi connectivity index (χ4n) is 3.40. The van der Waals surface area contributed by atoms with Crippen LogP contribution >= 0.6 is 11.6 Å². The topological polar surface area (TPSA) is 40.6 Å². The molecule has 1 aromatic carbocycles. The Balaban J connectivity index is 1.77. The van der Waals surface area contributed by atoms with Gasteiger partial charge in [0.15, 0.2) is 0 Å². The lowest BCUT2D eigenvalue weighted by molar-refractivity contribution is -0.130. The summed E-state index contributed by atoms with van der Waals surface area (Å²) < 4.78 is 0. The van der Waals surface area contributed by atoms with Crippen LogP contribution in [0.1, 0.15) is 22.8 Å². The molecule has 21 heavy (non-hydrogen) atoms. The van der Waals surface area contributed by atoms with Crippen LogP contribution in [0.15, 0.2) is 18.2 Å². The number of hydrogen-bond acceptors (Lipinski definition) is 2. The Morgan fingerprint density at radius 2 is 2.10 bits per heavy atom. The van der Waals surface area contributed by atoms with Crippen molar-refractivity contribution < 1.29 is 9.59 Å². The molecule has 2 atom stereocenters. The minimum absolute atomic E-state index is 0.0137. The van der Waals surface area contributed by atoms with Crippen LogP contribution in [0.25, 0.3) is 0 Å². The van der Waals surface area contributed by atoms with Crippen molar-refractivity contribution in [3.05, 3.63) is 34.3 Å². The van der Waals surface area contributed by atoms with E-state index in [2.05, 4.69) is 0 Å². The smallest absolute Gasteiger partial charge is 0.254 e. The number of benzene rings is 1. The third-order valence-corrected chi connectivity index (χ3v) is 5.10. The zero-order valence-electron chi connectivity index (χ0n) is 12.3. The highest BCUT2D eigenvalue weighted by Gasteiger charge is 2.46. The highest BCUT2D eigenvalue weighted by atomic mass is 35.5. The molecule has 2 amide bonds. The van der Waals surface area contributed by atoms with Crippen molar-refractivity contribution >= 4 is 23.4 Å². The zero-order chi connectivity index (χ0) is 15.1. The van der Waals surface area contributed by atoms with Gasteiger partial charge in [0.25, 0.3) is 5.91 Å². The van der Waals surface area contributed by atoms with E-state index in [-0.39, 0.29) is 23.7 Å². The number of likely N-dealkylation sites (tertiary alicyclic amines) is 2. The summed E-state index contributed by atoms with van der Waals surface area (Å²) >= 11 is 6.09. The van der Waals surface area contributed by atoms with Gasteiger partial charge in [-0.1, -0.05) is 17.7 Å². The first kappa shape index (κ1) is 14.4. The molecule has 2 aliphatic heterocycles. The van der Waals surface area contributed by atoms with Gasteiger partial charge in [0.05, 0.1) is 5.92 Å². The molecule has 0 radical (unpaired) electrons. The van der Waals surface area contributed by atoms with Crippen molar-refractivity contribution in [3.8, 4) is 0 Å². The van der Waals surface area contributed by atoms with Crippen LogP contribution in [0.5, 0.6) is 0 Å². The molecule has 112 valence electrons. The molecular weight excluding hydrogens is 288 g/mol. The van der Waals surface area contributed by atoms with E-state index in [1.54, 1.807) is 23.1 Å². The summed E-state index contributed by atoms with van der Waals surface area (Å²) in [5, 5.41) is 0.605. The van der Waals surface area contributed by atoms with E-state index in [0.29, 0.717) is 23.7 Å². The predicted octanol–water partition coefficient (Wildman–Crippen LogP) is 2.20. The molecule has 2 heterocycles. The zero-order valence-corrected chi connectivity index (χ0v) is 13.1. The Bertz CT molecular complexity index is 602. The first-order valence-electron chi connectivity index (χ1n) is 7.36. The van der Waals surface area contributed by atoms with E-state index >= 15 is 0 Å². The molecule has 2 aliphatic rings. The number of carbonyl (C=O) groups is 2. The maximum atomic E-state index is 12.7. The number of rotatable bonds is 2. The molecule has 2 fully saturated rings. The van der Waals surface area contributed by atoms with Crippen molar-refractivity contribution in [3.63, 3.8) is 0 Å². The van der Waals surface area contributed by atoms with Gasteiger partial charge in [0.1, 0.15) is 0 Å². The minimum Gasteiger partial charge on any atom is -0.342 e. The summed E-state index contributed by atoms with van der Waals surface area (Å²) in [5.74, 6) is 0.440. The van der Waals surface area contributed by atoms with Crippen LogP contribution < -0.4 is 0 Å². The maximum Gasteiger partial charge on any atom is 0.254 e. The fraction of sp³-hybridized carbons (Fsp3) is 0.500. The van der Waals surface area contributed by atoms with Gasteiger partial charge in [-0.05, 0) is 31.5 Å². The Morgan fingerprint density at radius 1 is 1.33 bits per heavy atom. The van der Waals surface area contributed by atoms with Gasteiger partial charge >= 0.3 is 0 Å². The summed E-state index contributed by atoms with van der Waals surface area (Å²) in [6.07, 6.45) is 0. The number of halogens is 1. The molecule has 4 nitrogen and oxygen atoms in total. The number of fused-ring (bicyclic) bond motifs is 1. The van der Waals surface area contributed by atoms with Crippen LogP contribution in [0.2, 0.25) is 5.02 Å². The van der Waals surface area contributed by atoms with Gasteiger partial charge in [-0.25, -0.2) is 0 Å². The van der Waals surface area contributed by atoms with Crippen LogP contribution in [0, 0.1) is 18.8 Å². The van der Waals surface area contributed by atoms with E-state index in [1.807, 2.05) is 18.7 Å². The van der Waals surface area contributed by atoms with Crippen molar-refractivity contribution in [1.82, 2.24) is 9.80 Å². The lowest BCUT2D eigenvalue weighted by Crippen LogP contribution is -2.35. The van der Waals surface area contributed by atoms with Gasteiger partial charge < -0.3 is 9.80 Å². The molecule has 0 aliphatic carbocycles. The van der Waals surface area contributed by atoms with E-state index in [4.69, 9.17) is 11.6 Å². The van der Waals surface area contributed by atoms with E-state index in [0.717, 1.165) is 18.7 Å². The molecule has 5 heteroatoms. The Kier molecular flexibility index (Phi) is 3.66. The van der Waals surface area contributed by atoms with E-state index in [1.165, 1.54) is 0 Å². The maximum absolute atomic E-state index is 12.7. The molecule has 0 unspecified atom stereocenters. The van der Waals surface area contributed by atoms with Crippen LogP contribution in [-0.4, -0.2) is 47.8 Å². The van der Waals surface area contributed by atoms with E-state index in [9.17, 15) is 9.59 Å². The molecule has 0 saturated carbocycles. The van der Waals surface area contributed by atoms with Gasteiger partial charge in [-0.3, -0.25) is 9.59 Å². The molecule has 3 rings (SSSR count). The normalized spacial score (nSPS) is 24.6. The Hall–Kier alpha value is -1.55. The highest BCUT2D eigenvalue weighted by Crippen LogP contribution is 2.33. The number of amides is 2. The second kappa shape index (κ2) is 5.34. The summed E-state index contributed by atoms with van der Waals surface area (Å²) in [5.41, 5.74) is 1.45. The lowest BCUT2D eigenvalue weighted by atomic mass is 10.0. The quantitative estimate of drug-likeness (QED) is 0.840. The minimum atomic E-state index is -0.0200. The van der Waals surface area contributed by atoms with Crippen LogP contribution in [-0.2, 0) is 4.79 Å². The van der Waals surface area contributed by atoms with Crippen molar-refractivity contribution in [2.24, 2.45) is 11.8 Å². The van der Waals surface area contributed by atoms with Crippen molar-refractivity contribution in [2.45, 2.75) is 13.8 Å². The first-order chi connectivity index (χ1) is 10.0. The summed E-state index contributed by atoms with van der Waals surface area (Å²) in [4.78, 5) is 28.6. The number of nitrogens with zero attached hydrogens (tertiary/aromatic N) is 2. The fourth-order valence-corrected chi connectivity index (χ4v) is 3.58. The molecule has 0 N–H and O–H groups in total. The number of hydrogen-bond donors (Lipinski definition) is 0. The molecule has 0 spiro atoms. The standard InChI is InChI=1S/C16H19ClN2O2/c1-3-18-7-11-8-19(9-13(11)16(18)21)15(20)12-5-4-6-14(17)10(12)2/h4-6,11,13H,3,7-9H2,1-2H3/t11-,13+/m1/s1. The average molecular weight is 307 g/mol. The molecule has 0 bridgehead atoms. The Morgan fingerprint density at radius 3 is 2.76 bits per heavy atom. The molecule has 0 aromatic heterocycles. The Labute approximate surface area is 129 Å². The second-order valence-corrected chi connectivity index (χ2v) is 6.27. The van der Waals surface area contributed by atoms with Gasteiger partial charge in [-0.15, -0.1) is 0 Å². The lowest BCUT2D eigenvalue weighted by Gasteiger charge is -2.21.